The topological polar surface area (TPSA) is 50.4 Å². The van der Waals surface area contributed by atoms with Crippen LogP contribution in [0.25, 0.3) is 0 Å². The summed E-state index contributed by atoms with van der Waals surface area (Å²) < 4.78 is 5.61. The van der Waals surface area contributed by atoms with Crippen LogP contribution in [0.5, 0.6) is 0 Å². The van der Waals surface area contributed by atoms with Gasteiger partial charge >= 0.3 is 0 Å². The lowest BCUT2D eigenvalue weighted by Crippen LogP contribution is -2.49. The van der Waals surface area contributed by atoms with Crippen LogP contribution in [0, 0.1) is 0 Å². The molecule has 4 heteroatoms. The molecule has 0 radical (unpaired) electrons. The fourth-order valence-electron chi connectivity index (χ4n) is 2.07. The van der Waals surface area contributed by atoms with E-state index in [1.807, 2.05) is 13.8 Å². The number of likely N-dealkylation sites (N-methyl/N-ethyl adjacent to an activating group) is 1. The largest absolute Gasteiger partial charge is 0.378 e. The molecule has 0 aliphatic carbocycles. The molecule has 1 rings (SSSR count). The molecule has 0 saturated carbocycles. The van der Waals surface area contributed by atoms with Crippen LogP contribution < -0.4 is 10.6 Å². The molecule has 1 saturated heterocycles. The van der Waals surface area contributed by atoms with Gasteiger partial charge in [-0.05, 0) is 33.1 Å². The number of carbonyl (C=O) groups is 1. The van der Waals surface area contributed by atoms with E-state index in [9.17, 15) is 4.79 Å². The van der Waals surface area contributed by atoms with Crippen LogP contribution in [-0.2, 0) is 9.53 Å². The van der Waals surface area contributed by atoms with Crippen molar-refractivity contribution in [3.05, 3.63) is 0 Å². The minimum absolute atomic E-state index is 0.0852. The standard InChI is InChI=1S/C12H24N2O2/c1-4-11-8-10(6-7-16-11)14-9(3)12(15)13-5-2/h9-11,14H,4-8H2,1-3H3,(H,13,15). The van der Waals surface area contributed by atoms with Gasteiger partial charge in [0.15, 0.2) is 0 Å². The Balaban J connectivity index is 2.32. The predicted octanol–water partition coefficient (Wildman–Crippen LogP) is 1.06. The van der Waals surface area contributed by atoms with E-state index in [1.165, 1.54) is 0 Å². The van der Waals surface area contributed by atoms with E-state index in [4.69, 9.17) is 4.74 Å². The normalized spacial score (nSPS) is 27.4. The van der Waals surface area contributed by atoms with Crippen molar-refractivity contribution in [2.24, 2.45) is 0 Å². The average molecular weight is 228 g/mol. The van der Waals surface area contributed by atoms with E-state index in [-0.39, 0.29) is 11.9 Å². The first kappa shape index (κ1) is 13.5. The van der Waals surface area contributed by atoms with Gasteiger partial charge in [-0.25, -0.2) is 0 Å². The van der Waals surface area contributed by atoms with E-state index in [1.54, 1.807) is 0 Å². The highest BCUT2D eigenvalue weighted by molar-refractivity contribution is 5.81. The van der Waals surface area contributed by atoms with Gasteiger partial charge in [-0.3, -0.25) is 4.79 Å². The maximum Gasteiger partial charge on any atom is 0.236 e. The van der Waals surface area contributed by atoms with Crippen molar-refractivity contribution in [2.75, 3.05) is 13.2 Å². The lowest BCUT2D eigenvalue weighted by Gasteiger charge is -2.31. The van der Waals surface area contributed by atoms with Gasteiger partial charge in [0.25, 0.3) is 0 Å². The van der Waals surface area contributed by atoms with Gasteiger partial charge in [-0.15, -0.1) is 0 Å². The quantitative estimate of drug-likeness (QED) is 0.739. The highest BCUT2D eigenvalue weighted by atomic mass is 16.5. The Morgan fingerprint density at radius 1 is 1.50 bits per heavy atom. The summed E-state index contributed by atoms with van der Waals surface area (Å²) in [6.45, 7) is 7.49. The zero-order chi connectivity index (χ0) is 12.0. The monoisotopic (exact) mass is 228 g/mol. The lowest BCUT2D eigenvalue weighted by atomic mass is 10.0. The van der Waals surface area contributed by atoms with Crippen molar-refractivity contribution in [3.63, 3.8) is 0 Å². The Hall–Kier alpha value is -0.610. The van der Waals surface area contributed by atoms with E-state index in [2.05, 4.69) is 17.6 Å². The average Bonchev–Trinajstić information content (AvgIpc) is 2.29. The molecular formula is C12H24N2O2. The van der Waals surface area contributed by atoms with E-state index >= 15 is 0 Å². The van der Waals surface area contributed by atoms with Gasteiger partial charge in [0.05, 0.1) is 12.1 Å². The molecule has 16 heavy (non-hydrogen) atoms. The first-order chi connectivity index (χ1) is 7.67. The second-order valence-electron chi connectivity index (χ2n) is 4.41. The molecule has 94 valence electrons. The van der Waals surface area contributed by atoms with Crippen LogP contribution in [0.4, 0.5) is 0 Å². The van der Waals surface area contributed by atoms with Gasteiger partial charge < -0.3 is 15.4 Å². The van der Waals surface area contributed by atoms with Crippen molar-refractivity contribution < 1.29 is 9.53 Å². The Morgan fingerprint density at radius 2 is 2.25 bits per heavy atom. The fourth-order valence-corrected chi connectivity index (χ4v) is 2.07. The minimum atomic E-state index is -0.111. The second kappa shape index (κ2) is 6.86. The van der Waals surface area contributed by atoms with E-state index in [0.29, 0.717) is 18.7 Å². The molecule has 3 atom stereocenters. The number of ether oxygens (including phenoxy) is 1. The lowest BCUT2D eigenvalue weighted by molar-refractivity contribution is -0.123. The summed E-state index contributed by atoms with van der Waals surface area (Å²) in [5.41, 5.74) is 0. The van der Waals surface area contributed by atoms with Gasteiger partial charge in [0.2, 0.25) is 5.91 Å². The van der Waals surface area contributed by atoms with Crippen LogP contribution >= 0.6 is 0 Å². The molecule has 1 amide bonds. The summed E-state index contributed by atoms with van der Waals surface area (Å²) in [5.74, 6) is 0.0852. The zero-order valence-corrected chi connectivity index (χ0v) is 10.6. The van der Waals surface area contributed by atoms with Crippen molar-refractivity contribution in [1.29, 1.82) is 0 Å². The molecule has 1 aliphatic heterocycles. The minimum Gasteiger partial charge on any atom is -0.378 e. The number of hydrogen-bond acceptors (Lipinski definition) is 3. The van der Waals surface area contributed by atoms with Gasteiger partial charge in [-0.1, -0.05) is 6.92 Å². The third kappa shape index (κ3) is 4.10. The summed E-state index contributed by atoms with van der Waals surface area (Å²) in [4.78, 5) is 11.6. The Kier molecular flexibility index (Phi) is 5.77. The molecule has 1 heterocycles. The SMILES string of the molecule is CCNC(=O)C(C)NC1CCOC(CC)C1. The predicted molar refractivity (Wildman–Crippen MR) is 64.3 cm³/mol. The summed E-state index contributed by atoms with van der Waals surface area (Å²) in [6.07, 6.45) is 3.42. The summed E-state index contributed by atoms with van der Waals surface area (Å²) in [7, 11) is 0. The fraction of sp³-hybridized carbons (Fsp3) is 0.917. The molecule has 1 fully saturated rings. The van der Waals surface area contributed by atoms with Crippen molar-refractivity contribution in [1.82, 2.24) is 10.6 Å². The molecule has 3 unspecified atom stereocenters. The van der Waals surface area contributed by atoms with Gasteiger partial charge in [0.1, 0.15) is 0 Å². The Bertz CT molecular complexity index is 221. The van der Waals surface area contributed by atoms with Crippen molar-refractivity contribution in [3.8, 4) is 0 Å². The van der Waals surface area contributed by atoms with Gasteiger partial charge in [0, 0.05) is 19.2 Å². The highest BCUT2D eigenvalue weighted by Gasteiger charge is 2.24. The summed E-state index contributed by atoms with van der Waals surface area (Å²) >= 11 is 0. The van der Waals surface area contributed by atoms with E-state index < -0.39 is 0 Å². The van der Waals surface area contributed by atoms with Crippen LogP contribution in [0.15, 0.2) is 0 Å². The molecule has 0 aromatic carbocycles. The highest BCUT2D eigenvalue weighted by Crippen LogP contribution is 2.16. The zero-order valence-electron chi connectivity index (χ0n) is 10.6. The third-order valence-electron chi connectivity index (χ3n) is 3.05. The number of hydrogen-bond donors (Lipinski definition) is 2. The molecule has 0 spiro atoms. The number of carbonyl (C=O) groups excluding carboxylic acids is 1. The van der Waals surface area contributed by atoms with E-state index in [0.717, 1.165) is 25.9 Å². The third-order valence-corrected chi connectivity index (χ3v) is 3.05. The number of amides is 1. The molecule has 0 aromatic heterocycles. The molecule has 4 nitrogen and oxygen atoms in total. The van der Waals surface area contributed by atoms with Crippen molar-refractivity contribution in [2.45, 2.75) is 58.2 Å². The maximum absolute atomic E-state index is 11.6. The van der Waals surface area contributed by atoms with Crippen LogP contribution in [-0.4, -0.2) is 37.2 Å². The molecule has 2 N–H and O–H groups in total. The van der Waals surface area contributed by atoms with Gasteiger partial charge in [-0.2, -0.15) is 0 Å². The first-order valence-corrected chi connectivity index (χ1v) is 6.32. The van der Waals surface area contributed by atoms with Crippen molar-refractivity contribution >= 4 is 5.91 Å². The van der Waals surface area contributed by atoms with Crippen LogP contribution in [0.1, 0.15) is 40.0 Å². The molecular weight excluding hydrogens is 204 g/mol. The summed E-state index contributed by atoms with van der Waals surface area (Å²) in [5, 5.41) is 6.20. The smallest absolute Gasteiger partial charge is 0.236 e. The van der Waals surface area contributed by atoms with Crippen LogP contribution in [0.2, 0.25) is 0 Å². The second-order valence-corrected chi connectivity index (χ2v) is 4.41. The number of rotatable bonds is 5. The Morgan fingerprint density at radius 3 is 2.88 bits per heavy atom. The Labute approximate surface area is 98.1 Å². The summed E-state index contributed by atoms with van der Waals surface area (Å²) in [6, 6.07) is 0.303. The number of nitrogens with one attached hydrogen (secondary N) is 2. The first-order valence-electron chi connectivity index (χ1n) is 6.32. The molecule has 0 bridgehead atoms. The molecule has 0 aromatic rings. The molecule has 1 aliphatic rings. The maximum atomic E-state index is 11.6. The van der Waals surface area contributed by atoms with Crippen LogP contribution in [0.3, 0.4) is 0 Å².